The van der Waals surface area contributed by atoms with Gasteiger partial charge in [-0.1, -0.05) is 13.0 Å². The van der Waals surface area contributed by atoms with Crippen molar-refractivity contribution in [2.24, 2.45) is 0 Å². The van der Waals surface area contributed by atoms with Gasteiger partial charge in [0.15, 0.2) is 5.65 Å². The summed E-state index contributed by atoms with van der Waals surface area (Å²) in [7, 11) is -4.27. The largest absolute Gasteiger partial charge is 0.416 e. The average Bonchev–Trinajstić information content (AvgIpc) is 2.99. The molecule has 2 heterocycles. The Bertz CT molecular complexity index is 1010. The fraction of sp³-hybridized carbons (Fsp3) is 0.214. The summed E-state index contributed by atoms with van der Waals surface area (Å²) in [4.78, 5) is 11.4. The van der Waals surface area contributed by atoms with Gasteiger partial charge in [0.25, 0.3) is 10.0 Å². The van der Waals surface area contributed by atoms with Gasteiger partial charge in [0.05, 0.1) is 16.2 Å². The Labute approximate surface area is 135 Å². The summed E-state index contributed by atoms with van der Waals surface area (Å²) >= 11 is 0. The molecule has 0 saturated heterocycles. The van der Waals surface area contributed by atoms with Gasteiger partial charge in [-0.15, -0.1) is 0 Å². The molecule has 3 aromatic rings. The zero-order valence-corrected chi connectivity index (χ0v) is 13.1. The van der Waals surface area contributed by atoms with E-state index in [1.165, 1.54) is 6.33 Å². The fourth-order valence-electron chi connectivity index (χ4n) is 2.24. The van der Waals surface area contributed by atoms with E-state index < -0.39 is 26.7 Å². The first-order chi connectivity index (χ1) is 11.2. The molecular weight excluding hydrogens is 345 g/mol. The Morgan fingerprint density at radius 3 is 2.58 bits per heavy atom. The molecule has 126 valence electrons. The molecule has 0 aliphatic heterocycles. The zero-order chi connectivity index (χ0) is 17.5. The van der Waals surface area contributed by atoms with Crippen LogP contribution >= 0.6 is 0 Å². The highest BCUT2D eigenvalue weighted by molar-refractivity contribution is 7.90. The van der Waals surface area contributed by atoms with Crippen LogP contribution in [0.2, 0.25) is 0 Å². The number of fused-ring (bicyclic) bond motifs is 1. The standard InChI is InChI=1S/C14H11F3N4O2S/c1-2-11-12-13(19-7-18-11)21(8-20-12)24(22,23)10-5-3-4-9(6-10)14(15,16)17/h3-8H,2H2,1H3. The van der Waals surface area contributed by atoms with Crippen molar-refractivity contribution in [3.05, 3.63) is 48.2 Å². The smallest absolute Gasteiger partial charge is 0.239 e. The molecule has 0 aliphatic carbocycles. The molecule has 6 nitrogen and oxygen atoms in total. The lowest BCUT2D eigenvalue weighted by Gasteiger charge is -2.10. The molecule has 0 radical (unpaired) electrons. The number of rotatable bonds is 3. The van der Waals surface area contributed by atoms with E-state index in [4.69, 9.17) is 0 Å². The van der Waals surface area contributed by atoms with Gasteiger partial charge in [-0.2, -0.15) is 13.2 Å². The molecule has 0 N–H and O–H groups in total. The number of imidazole rings is 1. The zero-order valence-electron chi connectivity index (χ0n) is 12.3. The van der Waals surface area contributed by atoms with Crippen LogP contribution in [0.15, 0.2) is 41.8 Å². The molecule has 0 unspecified atom stereocenters. The molecule has 0 fully saturated rings. The summed E-state index contributed by atoms with van der Waals surface area (Å²) in [6, 6.07) is 3.53. The van der Waals surface area contributed by atoms with E-state index in [9.17, 15) is 21.6 Å². The first-order valence-corrected chi connectivity index (χ1v) is 8.29. The van der Waals surface area contributed by atoms with Gasteiger partial charge in [0, 0.05) is 0 Å². The highest BCUT2D eigenvalue weighted by Crippen LogP contribution is 2.31. The lowest BCUT2D eigenvalue weighted by Crippen LogP contribution is -2.14. The molecular formula is C14H11F3N4O2S. The van der Waals surface area contributed by atoms with Crippen molar-refractivity contribution >= 4 is 21.2 Å². The van der Waals surface area contributed by atoms with Crippen LogP contribution in [0, 0.1) is 0 Å². The molecule has 10 heteroatoms. The third-order valence-corrected chi connectivity index (χ3v) is 5.07. The Hall–Kier alpha value is -2.49. The number of hydrogen-bond donors (Lipinski definition) is 0. The van der Waals surface area contributed by atoms with E-state index in [1.807, 2.05) is 6.92 Å². The maximum atomic E-state index is 12.8. The van der Waals surface area contributed by atoms with E-state index in [1.54, 1.807) is 0 Å². The number of nitrogens with zero attached hydrogens (tertiary/aromatic N) is 4. The third-order valence-electron chi connectivity index (χ3n) is 3.43. The van der Waals surface area contributed by atoms with Crippen molar-refractivity contribution in [1.29, 1.82) is 0 Å². The number of aryl methyl sites for hydroxylation is 1. The molecule has 2 aromatic heterocycles. The minimum Gasteiger partial charge on any atom is -0.239 e. The second-order valence-corrected chi connectivity index (χ2v) is 6.73. The first-order valence-electron chi connectivity index (χ1n) is 6.85. The minimum absolute atomic E-state index is 0.0271. The van der Waals surface area contributed by atoms with Gasteiger partial charge in [-0.25, -0.2) is 27.3 Å². The van der Waals surface area contributed by atoms with Crippen LogP contribution in [0.3, 0.4) is 0 Å². The van der Waals surface area contributed by atoms with Crippen molar-refractivity contribution in [3.63, 3.8) is 0 Å². The highest BCUT2D eigenvalue weighted by Gasteiger charge is 2.32. The van der Waals surface area contributed by atoms with Gasteiger partial charge in [0.2, 0.25) is 0 Å². The van der Waals surface area contributed by atoms with E-state index in [0.29, 0.717) is 23.7 Å². The molecule has 0 atom stereocenters. The second kappa shape index (κ2) is 5.55. The Balaban J connectivity index is 2.19. The van der Waals surface area contributed by atoms with Gasteiger partial charge >= 0.3 is 6.18 Å². The minimum atomic E-state index is -4.64. The summed E-state index contributed by atoms with van der Waals surface area (Å²) in [6.07, 6.45) is -1.91. The normalized spacial score (nSPS) is 12.7. The summed E-state index contributed by atoms with van der Waals surface area (Å²) in [6.45, 7) is 1.82. The van der Waals surface area contributed by atoms with Crippen LogP contribution in [0.4, 0.5) is 13.2 Å². The fourth-order valence-corrected chi connectivity index (χ4v) is 3.53. The number of benzene rings is 1. The monoisotopic (exact) mass is 356 g/mol. The van der Waals surface area contributed by atoms with E-state index in [-0.39, 0.29) is 5.65 Å². The van der Waals surface area contributed by atoms with Gasteiger partial charge in [-0.05, 0) is 24.6 Å². The van der Waals surface area contributed by atoms with E-state index in [0.717, 1.165) is 28.5 Å². The molecule has 0 spiro atoms. The van der Waals surface area contributed by atoms with Gasteiger partial charge in [0.1, 0.15) is 18.2 Å². The predicted molar refractivity (Wildman–Crippen MR) is 78.7 cm³/mol. The van der Waals surface area contributed by atoms with E-state index in [2.05, 4.69) is 15.0 Å². The van der Waals surface area contributed by atoms with Crippen molar-refractivity contribution in [2.75, 3.05) is 0 Å². The number of alkyl halides is 3. The maximum Gasteiger partial charge on any atom is 0.416 e. The molecule has 0 bridgehead atoms. The van der Waals surface area contributed by atoms with Crippen LogP contribution < -0.4 is 0 Å². The van der Waals surface area contributed by atoms with Gasteiger partial charge in [-0.3, -0.25) is 0 Å². The summed E-state index contributed by atoms with van der Waals surface area (Å²) in [5.41, 5.74) is -0.162. The summed E-state index contributed by atoms with van der Waals surface area (Å²) in [5.74, 6) is 0. The Morgan fingerprint density at radius 2 is 1.92 bits per heavy atom. The van der Waals surface area contributed by atoms with Crippen LogP contribution in [-0.2, 0) is 22.6 Å². The van der Waals surface area contributed by atoms with Gasteiger partial charge < -0.3 is 0 Å². The molecule has 24 heavy (non-hydrogen) atoms. The quantitative estimate of drug-likeness (QED) is 0.721. The lowest BCUT2D eigenvalue weighted by molar-refractivity contribution is -0.137. The predicted octanol–water partition coefficient (Wildman–Crippen LogP) is 2.64. The van der Waals surface area contributed by atoms with Crippen molar-refractivity contribution in [2.45, 2.75) is 24.4 Å². The Kier molecular flexibility index (Phi) is 3.78. The number of hydrogen-bond acceptors (Lipinski definition) is 5. The Morgan fingerprint density at radius 1 is 1.17 bits per heavy atom. The summed E-state index contributed by atoms with van der Waals surface area (Å²) < 4.78 is 64.6. The molecule has 0 amide bonds. The number of halogens is 3. The third kappa shape index (κ3) is 2.62. The van der Waals surface area contributed by atoms with Crippen LogP contribution in [-0.4, -0.2) is 27.3 Å². The molecule has 0 saturated carbocycles. The molecule has 1 aromatic carbocycles. The second-order valence-electron chi connectivity index (χ2n) is 4.92. The maximum absolute atomic E-state index is 12.8. The molecule has 0 aliphatic rings. The van der Waals surface area contributed by atoms with Crippen LogP contribution in [0.1, 0.15) is 18.2 Å². The summed E-state index contributed by atoms with van der Waals surface area (Å²) in [5, 5.41) is 0. The van der Waals surface area contributed by atoms with Crippen molar-refractivity contribution < 1.29 is 21.6 Å². The first kappa shape index (κ1) is 16.4. The van der Waals surface area contributed by atoms with Crippen molar-refractivity contribution in [1.82, 2.24) is 18.9 Å². The molecule has 3 rings (SSSR count). The lowest BCUT2D eigenvalue weighted by atomic mass is 10.2. The van der Waals surface area contributed by atoms with Crippen LogP contribution in [0.5, 0.6) is 0 Å². The number of aromatic nitrogens is 4. The van der Waals surface area contributed by atoms with Crippen LogP contribution in [0.25, 0.3) is 11.2 Å². The average molecular weight is 356 g/mol. The SMILES string of the molecule is CCc1ncnc2c1ncn2S(=O)(=O)c1cccc(C(F)(F)F)c1. The topological polar surface area (TPSA) is 77.7 Å². The van der Waals surface area contributed by atoms with E-state index >= 15 is 0 Å². The highest BCUT2D eigenvalue weighted by atomic mass is 32.2. The van der Waals surface area contributed by atoms with Crippen molar-refractivity contribution in [3.8, 4) is 0 Å².